The number of aromatic nitrogens is 5. The molecule has 0 N–H and O–H groups in total. The first kappa shape index (κ1) is 17.9. The van der Waals surface area contributed by atoms with Gasteiger partial charge in [0.05, 0.1) is 9.62 Å². The number of hydrogen-bond acceptors (Lipinski definition) is 7. The van der Waals surface area contributed by atoms with E-state index in [-0.39, 0.29) is 0 Å². The molecule has 0 fully saturated rings. The molecule has 0 bridgehead atoms. The number of nitrogens with zero attached hydrogens (tertiary/aromatic N) is 5. The van der Waals surface area contributed by atoms with Gasteiger partial charge in [0.1, 0.15) is 0 Å². The van der Waals surface area contributed by atoms with Crippen LogP contribution in [-0.2, 0) is 11.8 Å². The van der Waals surface area contributed by atoms with E-state index >= 15 is 0 Å². The number of benzene rings is 1. The van der Waals surface area contributed by atoms with Crippen LogP contribution in [-0.4, -0.2) is 24.9 Å². The molecule has 3 aromatic heterocycles. The summed E-state index contributed by atoms with van der Waals surface area (Å²) in [7, 11) is 1.97. The molecule has 0 amide bonds. The third kappa shape index (κ3) is 3.54. The Labute approximate surface area is 165 Å². The largest absolute Gasteiger partial charge is 0.334 e. The molecule has 3 heterocycles. The van der Waals surface area contributed by atoms with Crippen LogP contribution in [0.4, 0.5) is 0 Å². The zero-order valence-electron chi connectivity index (χ0n) is 15.5. The highest BCUT2D eigenvalue weighted by molar-refractivity contribution is 8.00. The molecule has 0 radical (unpaired) electrons. The lowest BCUT2D eigenvalue weighted by atomic mass is 10.1. The fourth-order valence-corrected chi connectivity index (χ4v) is 4.34. The van der Waals surface area contributed by atoms with Gasteiger partial charge in [0.25, 0.3) is 5.89 Å². The molecule has 0 aliphatic carbocycles. The van der Waals surface area contributed by atoms with E-state index in [2.05, 4.69) is 34.2 Å². The van der Waals surface area contributed by atoms with E-state index in [1.807, 2.05) is 60.3 Å². The first-order valence-electron chi connectivity index (χ1n) is 8.47. The van der Waals surface area contributed by atoms with Crippen LogP contribution in [0.15, 0.2) is 51.5 Å². The molecular weight excluding hydrogens is 378 g/mol. The van der Waals surface area contributed by atoms with Crippen molar-refractivity contribution in [2.24, 2.45) is 7.05 Å². The highest BCUT2D eigenvalue weighted by Gasteiger charge is 2.31. The van der Waals surface area contributed by atoms with Gasteiger partial charge >= 0.3 is 0 Å². The summed E-state index contributed by atoms with van der Waals surface area (Å²) in [4.78, 5) is 5.72. The van der Waals surface area contributed by atoms with Crippen LogP contribution in [0.25, 0.3) is 22.2 Å². The molecule has 138 valence electrons. The average molecular weight is 398 g/mol. The van der Waals surface area contributed by atoms with Crippen LogP contribution >= 0.6 is 23.1 Å². The fourth-order valence-electron chi connectivity index (χ4n) is 2.66. The van der Waals surface area contributed by atoms with Gasteiger partial charge in [-0.3, -0.25) is 0 Å². The lowest BCUT2D eigenvalue weighted by Gasteiger charge is -2.18. The maximum atomic E-state index is 5.51. The van der Waals surface area contributed by atoms with Crippen LogP contribution in [0.2, 0.25) is 0 Å². The van der Waals surface area contributed by atoms with Gasteiger partial charge in [-0.05, 0) is 44.4 Å². The maximum absolute atomic E-state index is 5.51. The molecule has 8 heteroatoms. The number of aryl methyl sites for hydroxylation is 1. The second-order valence-corrected chi connectivity index (χ2v) is 9.29. The molecule has 0 aliphatic rings. The third-order valence-electron chi connectivity index (χ3n) is 4.15. The smallest absolute Gasteiger partial charge is 0.257 e. The molecule has 6 nitrogen and oxygen atoms in total. The van der Waals surface area contributed by atoms with Crippen molar-refractivity contribution in [2.45, 2.75) is 30.7 Å². The Morgan fingerprint density at radius 3 is 2.74 bits per heavy atom. The van der Waals surface area contributed by atoms with Crippen LogP contribution in [0.5, 0.6) is 0 Å². The average Bonchev–Trinajstić information content (AvgIpc) is 3.37. The molecule has 0 atom stereocenters. The Morgan fingerprint density at radius 2 is 2.00 bits per heavy atom. The molecule has 0 unspecified atom stereocenters. The third-order valence-corrected chi connectivity index (χ3v) is 6.25. The predicted octanol–water partition coefficient (Wildman–Crippen LogP) is 4.93. The summed E-state index contributed by atoms with van der Waals surface area (Å²) in [6, 6.07) is 12.1. The summed E-state index contributed by atoms with van der Waals surface area (Å²) in [5.74, 6) is 2.01. The van der Waals surface area contributed by atoms with Crippen LogP contribution in [0.3, 0.4) is 0 Å². The van der Waals surface area contributed by atoms with Gasteiger partial charge in [0.15, 0.2) is 16.8 Å². The molecule has 27 heavy (non-hydrogen) atoms. The van der Waals surface area contributed by atoms with E-state index in [0.29, 0.717) is 11.7 Å². The van der Waals surface area contributed by atoms with Gasteiger partial charge in [0.2, 0.25) is 0 Å². The Kier molecular flexibility index (Phi) is 4.61. The number of rotatable bonds is 5. The van der Waals surface area contributed by atoms with Crippen molar-refractivity contribution in [3.63, 3.8) is 0 Å². The summed E-state index contributed by atoms with van der Waals surface area (Å²) >= 11 is 3.21. The lowest BCUT2D eigenvalue weighted by molar-refractivity contribution is 0.416. The van der Waals surface area contributed by atoms with Crippen molar-refractivity contribution in [3.05, 3.63) is 53.2 Å². The van der Waals surface area contributed by atoms with E-state index in [4.69, 9.17) is 4.52 Å². The Balaban J connectivity index is 1.59. The van der Waals surface area contributed by atoms with Gasteiger partial charge < -0.3 is 9.09 Å². The second kappa shape index (κ2) is 6.94. The summed E-state index contributed by atoms with van der Waals surface area (Å²) in [6.45, 7) is 6.16. The highest BCUT2D eigenvalue weighted by atomic mass is 32.2. The van der Waals surface area contributed by atoms with Crippen molar-refractivity contribution in [3.8, 4) is 22.2 Å². The summed E-state index contributed by atoms with van der Waals surface area (Å²) in [5.41, 5.74) is 2.08. The Morgan fingerprint density at radius 1 is 1.15 bits per heavy atom. The Hall–Kier alpha value is -2.45. The molecule has 4 rings (SSSR count). The van der Waals surface area contributed by atoms with E-state index in [0.717, 1.165) is 27.0 Å². The quantitative estimate of drug-likeness (QED) is 0.445. The first-order valence-corrected chi connectivity index (χ1v) is 10.2. The second-order valence-electron chi connectivity index (χ2n) is 6.75. The zero-order valence-corrected chi connectivity index (χ0v) is 17.1. The number of thioether (sulfide) groups is 1. The normalized spacial score (nSPS) is 11.9. The van der Waals surface area contributed by atoms with E-state index in [1.165, 1.54) is 0 Å². The Bertz CT molecular complexity index is 1070. The van der Waals surface area contributed by atoms with Gasteiger partial charge in [-0.25, -0.2) is 0 Å². The molecule has 4 aromatic rings. The molecule has 1 aromatic carbocycles. The number of thiophene rings is 1. The van der Waals surface area contributed by atoms with Crippen LogP contribution in [0, 0.1) is 6.92 Å². The van der Waals surface area contributed by atoms with Crippen molar-refractivity contribution < 1.29 is 4.52 Å². The summed E-state index contributed by atoms with van der Waals surface area (Å²) in [5, 5.41) is 15.8. The van der Waals surface area contributed by atoms with Crippen molar-refractivity contribution in [2.75, 3.05) is 0 Å². The minimum absolute atomic E-state index is 0.418. The van der Waals surface area contributed by atoms with Gasteiger partial charge in [0, 0.05) is 12.6 Å². The fraction of sp³-hybridized carbons (Fsp3) is 0.263. The van der Waals surface area contributed by atoms with Crippen molar-refractivity contribution >= 4 is 23.1 Å². The lowest BCUT2D eigenvalue weighted by Crippen LogP contribution is -2.15. The van der Waals surface area contributed by atoms with E-state index < -0.39 is 4.75 Å². The first-order chi connectivity index (χ1) is 12.9. The van der Waals surface area contributed by atoms with Crippen LogP contribution in [0.1, 0.15) is 25.2 Å². The molecule has 0 saturated carbocycles. The SMILES string of the molecule is Cc1cccc(-c2nc(C(C)(C)Sc3nnc(-c4cccs4)n3C)no2)c1. The minimum atomic E-state index is -0.418. The van der Waals surface area contributed by atoms with Crippen molar-refractivity contribution in [1.82, 2.24) is 24.9 Å². The monoisotopic (exact) mass is 397 g/mol. The van der Waals surface area contributed by atoms with Gasteiger partial charge in [-0.2, -0.15) is 4.98 Å². The summed E-state index contributed by atoms with van der Waals surface area (Å²) < 4.78 is 7.09. The number of hydrogen-bond donors (Lipinski definition) is 0. The predicted molar refractivity (Wildman–Crippen MR) is 108 cm³/mol. The highest BCUT2D eigenvalue weighted by Crippen LogP contribution is 2.40. The standard InChI is InChI=1S/C19H19N5OS2/c1-12-7-5-8-13(11-12)16-20-17(23-25-16)19(2,3)27-18-22-21-15(24(18)4)14-9-6-10-26-14/h5-11H,1-4H3. The molecular formula is C19H19N5OS2. The topological polar surface area (TPSA) is 69.6 Å². The van der Waals surface area contributed by atoms with Crippen molar-refractivity contribution in [1.29, 1.82) is 0 Å². The zero-order chi connectivity index (χ0) is 19.0. The van der Waals surface area contributed by atoms with Crippen LogP contribution < -0.4 is 0 Å². The van der Waals surface area contributed by atoms with E-state index in [1.54, 1.807) is 23.1 Å². The molecule has 0 spiro atoms. The minimum Gasteiger partial charge on any atom is -0.334 e. The molecule has 0 saturated heterocycles. The van der Waals surface area contributed by atoms with Gasteiger partial charge in [-0.1, -0.05) is 40.7 Å². The van der Waals surface area contributed by atoms with Gasteiger partial charge in [-0.15, -0.1) is 21.5 Å². The molecule has 0 aliphatic heterocycles. The maximum Gasteiger partial charge on any atom is 0.257 e. The van der Waals surface area contributed by atoms with E-state index in [9.17, 15) is 0 Å². The summed E-state index contributed by atoms with van der Waals surface area (Å²) in [6.07, 6.45) is 0.